The number of nitrogens with zero attached hydrogens (tertiary/aromatic N) is 1. The average molecular weight is 209 g/mol. The smallest absolute Gasteiger partial charge is 0.213 e. The van der Waals surface area contributed by atoms with Gasteiger partial charge in [0.15, 0.2) is 0 Å². The number of hydrogen-bond donors (Lipinski definition) is 1. The van der Waals surface area contributed by atoms with Gasteiger partial charge in [-0.25, -0.2) is 4.98 Å². The minimum atomic E-state index is 0.149. The average Bonchev–Trinajstić information content (AvgIpc) is 2.30. The highest BCUT2D eigenvalue weighted by Gasteiger charge is 2.14. The zero-order valence-corrected chi connectivity index (χ0v) is 8.56. The minimum absolute atomic E-state index is 0.149. The van der Waals surface area contributed by atoms with Gasteiger partial charge < -0.3 is 14.6 Å². The lowest BCUT2D eigenvalue weighted by Gasteiger charge is -2.22. The Morgan fingerprint density at radius 2 is 2.40 bits per heavy atom. The summed E-state index contributed by atoms with van der Waals surface area (Å²) in [6.07, 6.45) is 4.97. The molecule has 4 nitrogen and oxygen atoms in total. The first-order chi connectivity index (χ1) is 7.34. The summed E-state index contributed by atoms with van der Waals surface area (Å²) in [5.74, 6) is 0.679. The van der Waals surface area contributed by atoms with Crippen LogP contribution >= 0.6 is 0 Å². The van der Waals surface area contributed by atoms with E-state index in [1.165, 1.54) is 12.6 Å². The first-order valence-corrected chi connectivity index (χ1v) is 5.24. The molecule has 1 saturated heterocycles. The highest BCUT2D eigenvalue weighted by Crippen LogP contribution is 2.15. The van der Waals surface area contributed by atoms with Gasteiger partial charge in [0.05, 0.1) is 12.3 Å². The summed E-state index contributed by atoms with van der Waals surface area (Å²) in [6, 6.07) is 3.21. The Balaban J connectivity index is 1.79. The van der Waals surface area contributed by atoms with Gasteiger partial charge in [-0.1, -0.05) is 0 Å². The maximum absolute atomic E-state index is 9.03. The molecule has 1 aromatic heterocycles. The van der Waals surface area contributed by atoms with Crippen LogP contribution in [0, 0.1) is 0 Å². The van der Waals surface area contributed by atoms with Gasteiger partial charge in [-0.2, -0.15) is 0 Å². The third-order valence-corrected chi connectivity index (χ3v) is 2.41. The topological polar surface area (TPSA) is 51.6 Å². The molecule has 15 heavy (non-hydrogen) atoms. The predicted molar refractivity (Wildman–Crippen MR) is 55.0 cm³/mol. The van der Waals surface area contributed by atoms with E-state index in [4.69, 9.17) is 14.6 Å². The third-order valence-electron chi connectivity index (χ3n) is 2.41. The molecular formula is C11H15NO3. The maximum Gasteiger partial charge on any atom is 0.213 e. The summed E-state index contributed by atoms with van der Waals surface area (Å²) in [5.41, 5.74) is 0. The SMILES string of the molecule is Oc1ccc(OCC2CCCCO2)nc1. The Morgan fingerprint density at radius 3 is 3.07 bits per heavy atom. The molecule has 1 unspecified atom stereocenters. The summed E-state index contributed by atoms with van der Waals surface area (Å²) in [6.45, 7) is 1.37. The molecule has 0 aromatic carbocycles. The van der Waals surface area contributed by atoms with Crippen LogP contribution in [0.15, 0.2) is 18.3 Å². The molecule has 2 rings (SSSR count). The predicted octanol–water partition coefficient (Wildman–Crippen LogP) is 1.74. The van der Waals surface area contributed by atoms with Crippen molar-refractivity contribution in [2.45, 2.75) is 25.4 Å². The van der Waals surface area contributed by atoms with Crippen LogP contribution in [0.5, 0.6) is 11.6 Å². The highest BCUT2D eigenvalue weighted by atomic mass is 16.5. The molecule has 1 atom stereocenters. The number of pyridine rings is 1. The van der Waals surface area contributed by atoms with Gasteiger partial charge in [0.2, 0.25) is 5.88 Å². The van der Waals surface area contributed by atoms with Crippen LogP contribution in [0.4, 0.5) is 0 Å². The largest absolute Gasteiger partial charge is 0.506 e. The molecule has 1 fully saturated rings. The molecule has 1 aliphatic heterocycles. The van der Waals surface area contributed by atoms with Crippen LogP contribution in [0.25, 0.3) is 0 Å². The summed E-state index contributed by atoms with van der Waals surface area (Å²) >= 11 is 0. The van der Waals surface area contributed by atoms with Crippen molar-refractivity contribution in [3.63, 3.8) is 0 Å². The van der Waals surface area contributed by atoms with Crippen LogP contribution < -0.4 is 4.74 Å². The van der Waals surface area contributed by atoms with Gasteiger partial charge in [0.1, 0.15) is 12.4 Å². The second-order valence-electron chi connectivity index (χ2n) is 3.65. The highest BCUT2D eigenvalue weighted by molar-refractivity contribution is 5.21. The van der Waals surface area contributed by atoms with E-state index in [1.54, 1.807) is 12.1 Å². The van der Waals surface area contributed by atoms with Crippen LogP contribution in [-0.2, 0) is 4.74 Å². The van der Waals surface area contributed by atoms with Gasteiger partial charge in [-0.15, -0.1) is 0 Å². The molecule has 0 aliphatic carbocycles. The molecule has 0 spiro atoms. The Bertz CT molecular complexity index is 293. The number of aromatic nitrogens is 1. The van der Waals surface area contributed by atoms with Gasteiger partial charge in [-0.3, -0.25) is 0 Å². The Labute approximate surface area is 88.9 Å². The molecule has 0 bridgehead atoms. The Morgan fingerprint density at radius 1 is 1.47 bits per heavy atom. The van der Waals surface area contributed by atoms with Gasteiger partial charge in [-0.05, 0) is 25.3 Å². The Hall–Kier alpha value is -1.29. The van der Waals surface area contributed by atoms with Crippen molar-refractivity contribution in [3.8, 4) is 11.6 Å². The summed E-state index contributed by atoms with van der Waals surface area (Å²) in [7, 11) is 0. The lowest BCUT2D eigenvalue weighted by Crippen LogP contribution is -2.25. The number of hydrogen-bond acceptors (Lipinski definition) is 4. The fourth-order valence-corrected chi connectivity index (χ4v) is 1.58. The van der Waals surface area contributed by atoms with Crippen LogP contribution in [0.1, 0.15) is 19.3 Å². The molecule has 2 heterocycles. The first-order valence-electron chi connectivity index (χ1n) is 5.24. The fourth-order valence-electron chi connectivity index (χ4n) is 1.58. The first kappa shape index (κ1) is 10.2. The molecule has 1 N–H and O–H groups in total. The number of ether oxygens (including phenoxy) is 2. The van der Waals surface area contributed by atoms with Crippen molar-refractivity contribution >= 4 is 0 Å². The maximum atomic E-state index is 9.03. The zero-order valence-electron chi connectivity index (χ0n) is 8.56. The number of aromatic hydroxyl groups is 1. The van der Waals surface area contributed by atoms with E-state index >= 15 is 0 Å². The molecule has 0 saturated carbocycles. The van der Waals surface area contributed by atoms with E-state index in [1.807, 2.05) is 0 Å². The van der Waals surface area contributed by atoms with Crippen LogP contribution in [-0.4, -0.2) is 29.4 Å². The van der Waals surface area contributed by atoms with E-state index < -0.39 is 0 Å². The molecule has 0 amide bonds. The van der Waals surface area contributed by atoms with E-state index in [-0.39, 0.29) is 11.9 Å². The molecule has 82 valence electrons. The summed E-state index contributed by atoms with van der Waals surface area (Å²) in [4.78, 5) is 3.93. The van der Waals surface area contributed by atoms with Crippen LogP contribution in [0.2, 0.25) is 0 Å². The molecular weight excluding hydrogens is 194 g/mol. The van der Waals surface area contributed by atoms with Crippen molar-refractivity contribution in [2.75, 3.05) is 13.2 Å². The van der Waals surface area contributed by atoms with Gasteiger partial charge in [0.25, 0.3) is 0 Å². The Kier molecular flexibility index (Phi) is 3.40. The number of rotatable bonds is 3. The normalized spacial score (nSPS) is 21.2. The van der Waals surface area contributed by atoms with Gasteiger partial charge >= 0.3 is 0 Å². The van der Waals surface area contributed by atoms with Gasteiger partial charge in [0, 0.05) is 12.7 Å². The second kappa shape index (κ2) is 4.98. The minimum Gasteiger partial charge on any atom is -0.506 e. The van der Waals surface area contributed by atoms with Crippen molar-refractivity contribution < 1.29 is 14.6 Å². The standard InChI is InChI=1S/C11H15NO3/c13-9-4-5-11(12-7-9)15-8-10-3-1-2-6-14-10/h4-5,7,10,13H,1-3,6,8H2. The van der Waals surface area contributed by atoms with E-state index in [0.717, 1.165) is 19.4 Å². The fraction of sp³-hybridized carbons (Fsp3) is 0.545. The molecule has 1 aliphatic rings. The van der Waals surface area contributed by atoms with Crippen molar-refractivity contribution in [1.82, 2.24) is 4.98 Å². The lowest BCUT2D eigenvalue weighted by atomic mass is 10.1. The molecule has 0 radical (unpaired) electrons. The van der Waals surface area contributed by atoms with Crippen molar-refractivity contribution in [1.29, 1.82) is 0 Å². The summed E-state index contributed by atoms with van der Waals surface area (Å²) < 4.78 is 11.0. The zero-order chi connectivity index (χ0) is 10.5. The van der Waals surface area contributed by atoms with E-state index in [2.05, 4.69) is 4.98 Å². The lowest BCUT2D eigenvalue weighted by molar-refractivity contribution is -0.0119. The summed E-state index contributed by atoms with van der Waals surface area (Å²) in [5, 5.41) is 9.03. The third kappa shape index (κ3) is 3.09. The van der Waals surface area contributed by atoms with E-state index in [0.29, 0.717) is 12.5 Å². The molecule has 1 aromatic rings. The quantitative estimate of drug-likeness (QED) is 0.823. The second-order valence-corrected chi connectivity index (χ2v) is 3.65. The van der Waals surface area contributed by atoms with E-state index in [9.17, 15) is 0 Å². The van der Waals surface area contributed by atoms with Crippen LogP contribution in [0.3, 0.4) is 0 Å². The van der Waals surface area contributed by atoms with Crippen molar-refractivity contribution in [3.05, 3.63) is 18.3 Å². The van der Waals surface area contributed by atoms with Crippen molar-refractivity contribution in [2.24, 2.45) is 0 Å². The monoisotopic (exact) mass is 209 g/mol. The molecule has 4 heteroatoms.